The second-order valence-electron chi connectivity index (χ2n) is 4.74. The van der Waals surface area contributed by atoms with Crippen molar-refractivity contribution in [3.63, 3.8) is 0 Å². The van der Waals surface area contributed by atoms with E-state index in [1.54, 1.807) is 29.3 Å². The molecule has 0 saturated heterocycles. The highest BCUT2D eigenvalue weighted by molar-refractivity contribution is 8.01. The molecule has 0 aliphatic rings. The molecule has 0 unspecified atom stereocenters. The monoisotopic (exact) mass is 406 g/mol. The molecule has 2 heterocycles. The number of nitrogens with zero attached hydrogens (tertiary/aromatic N) is 3. The maximum Gasteiger partial charge on any atom is 0.325 e. The Bertz CT molecular complexity index is 896. The van der Waals surface area contributed by atoms with Crippen LogP contribution in [0.25, 0.3) is 0 Å². The first-order valence-electron chi connectivity index (χ1n) is 7.50. The summed E-state index contributed by atoms with van der Waals surface area (Å²) in [6.07, 6.45) is 0. The van der Waals surface area contributed by atoms with E-state index in [0.717, 1.165) is 21.4 Å². The number of hydrogen-bond donors (Lipinski definition) is 3. The lowest BCUT2D eigenvalue weighted by atomic mass is 10.3. The Morgan fingerprint density at radius 1 is 1.08 bits per heavy atom. The van der Waals surface area contributed by atoms with Crippen LogP contribution in [0.3, 0.4) is 0 Å². The van der Waals surface area contributed by atoms with Crippen molar-refractivity contribution in [3.05, 3.63) is 41.4 Å². The van der Waals surface area contributed by atoms with Crippen LogP contribution in [0.2, 0.25) is 0 Å². The van der Waals surface area contributed by atoms with Crippen molar-refractivity contribution in [2.75, 3.05) is 21.7 Å². The van der Waals surface area contributed by atoms with Gasteiger partial charge < -0.3 is 5.32 Å². The minimum Gasteiger partial charge on any atom is -0.308 e. The van der Waals surface area contributed by atoms with Crippen LogP contribution in [0.5, 0.6) is 0 Å². The molecular weight excluding hydrogens is 392 g/mol. The molecule has 0 aliphatic carbocycles. The standard InChI is InChI=1S/C15H14N6O2S3/c1-2-24-15-21-20-14(26-15)18-11(22)10-8-25-13(17-10)19-12(23)16-9-6-4-3-5-7-9/h3-8H,2H2,1H3,(H,18,20,22)(H2,16,17,19,23). The Kier molecular flexibility index (Phi) is 6.15. The van der Waals surface area contributed by atoms with Crippen molar-refractivity contribution < 1.29 is 9.59 Å². The van der Waals surface area contributed by atoms with Gasteiger partial charge in [-0.15, -0.1) is 21.5 Å². The molecule has 0 bridgehead atoms. The van der Waals surface area contributed by atoms with Crippen LogP contribution in [0, 0.1) is 0 Å². The number of thiazole rings is 1. The number of para-hydroxylation sites is 1. The summed E-state index contributed by atoms with van der Waals surface area (Å²) >= 11 is 4.02. The van der Waals surface area contributed by atoms with Gasteiger partial charge in [0.15, 0.2) is 9.47 Å². The molecule has 26 heavy (non-hydrogen) atoms. The molecule has 3 amide bonds. The van der Waals surface area contributed by atoms with E-state index in [2.05, 4.69) is 31.1 Å². The van der Waals surface area contributed by atoms with Gasteiger partial charge in [-0.3, -0.25) is 15.4 Å². The SMILES string of the molecule is CCSc1nnc(NC(=O)c2csc(NC(=O)Nc3ccccc3)n2)s1. The molecule has 11 heteroatoms. The maximum absolute atomic E-state index is 12.2. The number of benzene rings is 1. The number of nitrogens with one attached hydrogen (secondary N) is 3. The van der Waals surface area contributed by atoms with Crippen molar-refractivity contribution in [2.24, 2.45) is 0 Å². The molecule has 0 saturated carbocycles. The van der Waals surface area contributed by atoms with Crippen LogP contribution in [0.4, 0.5) is 20.7 Å². The van der Waals surface area contributed by atoms with E-state index in [1.165, 1.54) is 11.3 Å². The van der Waals surface area contributed by atoms with Crippen molar-refractivity contribution in [2.45, 2.75) is 11.3 Å². The lowest BCUT2D eigenvalue weighted by molar-refractivity contribution is 0.102. The Balaban J connectivity index is 1.56. The van der Waals surface area contributed by atoms with E-state index in [4.69, 9.17) is 0 Å². The normalized spacial score (nSPS) is 10.3. The van der Waals surface area contributed by atoms with Crippen LogP contribution in [0.15, 0.2) is 40.1 Å². The highest BCUT2D eigenvalue weighted by Gasteiger charge is 2.15. The van der Waals surface area contributed by atoms with Crippen molar-refractivity contribution in [3.8, 4) is 0 Å². The highest BCUT2D eigenvalue weighted by atomic mass is 32.2. The summed E-state index contributed by atoms with van der Waals surface area (Å²) in [6, 6.07) is 8.61. The van der Waals surface area contributed by atoms with Gasteiger partial charge in [-0.25, -0.2) is 9.78 Å². The van der Waals surface area contributed by atoms with E-state index in [9.17, 15) is 9.59 Å². The van der Waals surface area contributed by atoms with Crippen LogP contribution < -0.4 is 16.0 Å². The number of anilines is 3. The fourth-order valence-corrected chi connectivity index (χ4v) is 4.15. The summed E-state index contributed by atoms with van der Waals surface area (Å²) < 4.78 is 0.793. The van der Waals surface area contributed by atoms with Gasteiger partial charge in [-0.2, -0.15) is 0 Å². The summed E-state index contributed by atoms with van der Waals surface area (Å²) in [6.45, 7) is 2.02. The molecule has 0 radical (unpaired) electrons. The summed E-state index contributed by atoms with van der Waals surface area (Å²) in [4.78, 5) is 28.3. The van der Waals surface area contributed by atoms with Gasteiger partial charge in [0, 0.05) is 11.1 Å². The number of hydrogen-bond acceptors (Lipinski definition) is 8. The van der Waals surface area contributed by atoms with Gasteiger partial charge in [-0.05, 0) is 17.9 Å². The van der Waals surface area contributed by atoms with Crippen molar-refractivity contribution in [1.29, 1.82) is 0 Å². The van der Waals surface area contributed by atoms with Gasteiger partial charge in [-0.1, -0.05) is 48.2 Å². The minimum absolute atomic E-state index is 0.199. The lowest BCUT2D eigenvalue weighted by Crippen LogP contribution is -2.19. The molecule has 8 nitrogen and oxygen atoms in total. The molecule has 3 rings (SSSR count). The average molecular weight is 407 g/mol. The predicted molar refractivity (Wildman–Crippen MR) is 105 cm³/mol. The van der Waals surface area contributed by atoms with Crippen molar-refractivity contribution >= 4 is 62.3 Å². The zero-order chi connectivity index (χ0) is 18.4. The first-order valence-corrected chi connectivity index (χ1v) is 10.2. The van der Waals surface area contributed by atoms with Crippen LogP contribution in [-0.4, -0.2) is 32.9 Å². The van der Waals surface area contributed by atoms with Crippen LogP contribution in [0.1, 0.15) is 17.4 Å². The number of urea groups is 1. The lowest BCUT2D eigenvalue weighted by Gasteiger charge is -2.04. The molecule has 0 spiro atoms. The summed E-state index contributed by atoms with van der Waals surface area (Å²) in [5, 5.41) is 18.1. The number of rotatable bonds is 6. The second kappa shape index (κ2) is 8.74. The molecule has 134 valence electrons. The molecule has 2 aromatic heterocycles. The Labute approximate surface area is 161 Å². The Hall–Kier alpha value is -2.50. The van der Waals surface area contributed by atoms with E-state index < -0.39 is 11.9 Å². The second-order valence-corrected chi connectivity index (χ2v) is 8.09. The van der Waals surface area contributed by atoms with Gasteiger partial charge in [0.1, 0.15) is 5.69 Å². The number of aromatic nitrogens is 3. The smallest absolute Gasteiger partial charge is 0.308 e. The van der Waals surface area contributed by atoms with Gasteiger partial charge in [0.2, 0.25) is 5.13 Å². The Morgan fingerprint density at radius 2 is 1.88 bits per heavy atom. The third-order valence-electron chi connectivity index (χ3n) is 2.88. The van der Waals surface area contributed by atoms with E-state index in [1.807, 2.05) is 25.1 Å². The van der Waals surface area contributed by atoms with Gasteiger partial charge >= 0.3 is 6.03 Å². The molecule has 0 atom stereocenters. The topological polar surface area (TPSA) is 109 Å². The average Bonchev–Trinajstić information content (AvgIpc) is 3.26. The number of carbonyl (C=O) groups is 2. The fraction of sp³-hybridized carbons (Fsp3) is 0.133. The molecule has 0 fully saturated rings. The van der Waals surface area contributed by atoms with Crippen LogP contribution in [-0.2, 0) is 0 Å². The van der Waals surface area contributed by atoms with Crippen LogP contribution >= 0.6 is 34.4 Å². The first-order chi connectivity index (χ1) is 12.6. The Morgan fingerprint density at radius 3 is 2.65 bits per heavy atom. The zero-order valence-corrected chi connectivity index (χ0v) is 16.0. The van der Waals surface area contributed by atoms with E-state index in [0.29, 0.717) is 16.0 Å². The minimum atomic E-state index is -0.428. The number of carbonyl (C=O) groups excluding carboxylic acids is 2. The molecular formula is C15H14N6O2S3. The predicted octanol–water partition coefficient (Wildman–Crippen LogP) is 4.00. The zero-order valence-electron chi connectivity index (χ0n) is 13.6. The maximum atomic E-state index is 12.2. The van der Waals surface area contributed by atoms with E-state index >= 15 is 0 Å². The largest absolute Gasteiger partial charge is 0.325 e. The summed E-state index contributed by atoms with van der Waals surface area (Å²) in [5.74, 6) is 0.483. The van der Waals surface area contributed by atoms with Crippen molar-refractivity contribution in [1.82, 2.24) is 15.2 Å². The van der Waals surface area contributed by atoms with E-state index in [-0.39, 0.29) is 5.69 Å². The molecule has 3 aromatic rings. The third-order valence-corrected chi connectivity index (χ3v) is 5.50. The summed E-state index contributed by atoms with van der Waals surface area (Å²) in [5.41, 5.74) is 0.862. The number of amides is 3. The first kappa shape index (κ1) is 18.3. The molecule has 0 aliphatic heterocycles. The third kappa shape index (κ3) is 5.00. The quantitative estimate of drug-likeness (QED) is 0.422. The summed E-state index contributed by atoms with van der Waals surface area (Å²) in [7, 11) is 0. The van der Waals surface area contributed by atoms with Gasteiger partial charge in [0.05, 0.1) is 0 Å². The number of thioether (sulfide) groups is 1. The fourth-order valence-electron chi connectivity index (χ4n) is 1.82. The molecule has 1 aromatic carbocycles. The van der Waals surface area contributed by atoms with Gasteiger partial charge in [0.25, 0.3) is 5.91 Å². The molecule has 3 N–H and O–H groups in total. The highest BCUT2D eigenvalue weighted by Crippen LogP contribution is 2.25.